The molecule has 3 aliphatic rings. The molecule has 2 aliphatic carbocycles. The quantitative estimate of drug-likeness (QED) is 0.870. The van der Waals surface area contributed by atoms with Crippen LogP contribution in [0.3, 0.4) is 0 Å². The molecule has 24 heavy (non-hydrogen) atoms. The Morgan fingerprint density at radius 1 is 1.29 bits per heavy atom. The Kier molecular flexibility index (Phi) is 5.02. The van der Waals surface area contributed by atoms with Crippen molar-refractivity contribution in [1.82, 2.24) is 5.32 Å². The van der Waals surface area contributed by atoms with Crippen LogP contribution in [0.4, 0.5) is 10.1 Å². The van der Waals surface area contributed by atoms with Crippen molar-refractivity contribution in [3.63, 3.8) is 0 Å². The number of benzene rings is 1. The maximum Gasteiger partial charge on any atom is 0.228 e. The van der Waals surface area contributed by atoms with Gasteiger partial charge in [-0.3, -0.25) is 4.79 Å². The van der Waals surface area contributed by atoms with Gasteiger partial charge in [0, 0.05) is 17.7 Å². The number of anilines is 1. The van der Waals surface area contributed by atoms with Crippen LogP contribution in [0.2, 0.25) is 0 Å². The van der Waals surface area contributed by atoms with Crippen molar-refractivity contribution in [2.45, 2.75) is 44.6 Å². The van der Waals surface area contributed by atoms with Gasteiger partial charge in [-0.2, -0.15) is 0 Å². The maximum atomic E-state index is 14.1. The number of amides is 1. The zero-order valence-electron chi connectivity index (χ0n) is 13.6. The summed E-state index contributed by atoms with van der Waals surface area (Å²) < 4.78 is 19.7. The number of hydrogen-bond acceptors (Lipinski definition) is 3. The Balaban J connectivity index is 0.00000169. The number of piperidine rings is 1. The molecule has 0 aromatic heterocycles. The van der Waals surface area contributed by atoms with Gasteiger partial charge < -0.3 is 15.4 Å². The molecule has 132 valence electrons. The van der Waals surface area contributed by atoms with E-state index in [-0.39, 0.29) is 41.5 Å². The van der Waals surface area contributed by atoms with E-state index in [1.165, 1.54) is 6.07 Å². The number of hydrogen-bond donors (Lipinski definition) is 2. The molecule has 4 rings (SSSR count). The summed E-state index contributed by atoms with van der Waals surface area (Å²) in [6.07, 6.45) is 6.38. The summed E-state index contributed by atoms with van der Waals surface area (Å²) in [6, 6.07) is 4.71. The van der Waals surface area contributed by atoms with E-state index >= 15 is 0 Å². The summed E-state index contributed by atoms with van der Waals surface area (Å²) in [6.45, 7) is 1.98. The van der Waals surface area contributed by atoms with Crippen molar-refractivity contribution in [2.75, 3.05) is 18.4 Å². The van der Waals surface area contributed by atoms with Crippen molar-refractivity contribution in [2.24, 2.45) is 11.3 Å². The Bertz CT molecular complexity index is 615. The lowest BCUT2D eigenvalue weighted by Gasteiger charge is -2.26. The Hall–Kier alpha value is -1.33. The molecule has 1 heterocycles. The van der Waals surface area contributed by atoms with Crippen molar-refractivity contribution < 1.29 is 13.9 Å². The van der Waals surface area contributed by atoms with E-state index in [1.54, 1.807) is 12.1 Å². The summed E-state index contributed by atoms with van der Waals surface area (Å²) in [5.74, 6) is -0.00597. The van der Waals surface area contributed by atoms with E-state index in [9.17, 15) is 9.18 Å². The highest BCUT2D eigenvalue weighted by Crippen LogP contribution is 2.58. The fourth-order valence-electron chi connectivity index (χ4n) is 3.77. The molecular formula is C18H24ClFN2O2. The summed E-state index contributed by atoms with van der Waals surface area (Å²) in [5.41, 5.74) is 0.714. The van der Waals surface area contributed by atoms with E-state index in [0.29, 0.717) is 5.69 Å². The van der Waals surface area contributed by atoms with Gasteiger partial charge in [-0.05, 0) is 69.2 Å². The van der Waals surface area contributed by atoms with Crippen molar-refractivity contribution in [3.8, 4) is 5.75 Å². The minimum atomic E-state index is -0.401. The Labute approximate surface area is 147 Å². The normalized spacial score (nSPS) is 24.6. The third-order valence-electron chi connectivity index (χ3n) is 5.65. The van der Waals surface area contributed by atoms with Crippen molar-refractivity contribution in [3.05, 3.63) is 24.0 Å². The van der Waals surface area contributed by atoms with Gasteiger partial charge >= 0.3 is 0 Å². The zero-order chi connectivity index (χ0) is 15.9. The molecule has 1 unspecified atom stereocenters. The number of halogens is 2. The lowest BCUT2D eigenvalue weighted by atomic mass is 9.92. The SMILES string of the molecule is Cl.O=C(Nc1ccc(OC2CCC2)c(F)c1)C1CC12CCNCC2. The molecule has 1 spiro atoms. The van der Waals surface area contributed by atoms with Crippen LogP contribution in [-0.4, -0.2) is 25.1 Å². The lowest BCUT2D eigenvalue weighted by Crippen LogP contribution is -2.31. The standard InChI is InChI=1S/C18H23FN2O2.ClH/c19-15-10-12(4-5-16(15)23-13-2-1-3-13)21-17(22)14-11-18(14)6-8-20-9-7-18;/h4-5,10,13-14,20H,1-3,6-9,11H2,(H,21,22);1H. The third-order valence-corrected chi connectivity index (χ3v) is 5.65. The van der Waals surface area contributed by atoms with Crippen LogP contribution in [0.25, 0.3) is 0 Å². The maximum absolute atomic E-state index is 14.1. The van der Waals surface area contributed by atoms with Gasteiger partial charge in [-0.15, -0.1) is 12.4 Å². The van der Waals surface area contributed by atoms with E-state index in [0.717, 1.165) is 51.6 Å². The first-order chi connectivity index (χ1) is 11.2. The molecule has 4 nitrogen and oxygen atoms in total. The van der Waals surface area contributed by atoms with E-state index in [4.69, 9.17) is 4.74 Å². The van der Waals surface area contributed by atoms with Gasteiger partial charge in [0.05, 0.1) is 6.10 Å². The summed E-state index contributed by atoms with van der Waals surface area (Å²) in [4.78, 5) is 12.4. The number of rotatable bonds is 4. The Morgan fingerprint density at radius 2 is 2.04 bits per heavy atom. The minimum Gasteiger partial charge on any atom is -0.487 e. The number of carbonyl (C=O) groups is 1. The molecule has 0 radical (unpaired) electrons. The first-order valence-corrected chi connectivity index (χ1v) is 8.64. The molecule has 1 atom stereocenters. The topological polar surface area (TPSA) is 50.4 Å². The highest BCUT2D eigenvalue weighted by molar-refractivity contribution is 5.95. The summed E-state index contributed by atoms with van der Waals surface area (Å²) in [5, 5.41) is 6.20. The van der Waals surface area contributed by atoms with Crippen molar-refractivity contribution >= 4 is 24.0 Å². The fraction of sp³-hybridized carbons (Fsp3) is 0.611. The monoisotopic (exact) mass is 354 g/mol. The molecule has 1 aromatic rings. The van der Waals surface area contributed by atoms with Gasteiger partial charge in [0.25, 0.3) is 0 Å². The summed E-state index contributed by atoms with van der Waals surface area (Å²) >= 11 is 0. The first kappa shape index (κ1) is 17.5. The second-order valence-corrected chi connectivity index (χ2v) is 7.17. The van der Waals surface area contributed by atoms with Crippen LogP contribution >= 0.6 is 12.4 Å². The average molecular weight is 355 g/mol. The molecule has 2 saturated carbocycles. The number of carbonyl (C=O) groups excluding carboxylic acids is 1. The molecule has 1 saturated heterocycles. The van der Waals surface area contributed by atoms with E-state index < -0.39 is 5.82 Å². The number of ether oxygens (including phenoxy) is 1. The Morgan fingerprint density at radius 3 is 2.67 bits per heavy atom. The molecule has 6 heteroatoms. The first-order valence-electron chi connectivity index (χ1n) is 8.64. The van der Waals surface area contributed by atoms with Crippen LogP contribution in [-0.2, 0) is 4.79 Å². The van der Waals surface area contributed by atoms with E-state index in [1.807, 2.05) is 0 Å². The lowest BCUT2D eigenvalue weighted by molar-refractivity contribution is -0.118. The highest BCUT2D eigenvalue weighted by Gasteiger charge is 2.57. The van der Waals surface area contributed by atoms with Gasteiger partial charge in [-0.1, -0.05) is 0 Å². The second kappa shape index (κ2) is 6.89. The van der Waals surface area contributed by atoms with Gasteiger partial charge in [0.1, 0.15) is 0 Å². The molecule has 2 N–H and O–H groups in total. The van der Waals surface area contributed by atoms with Gasteiger partial charge in [-0.25, -0.2) is 4.39 Å². The largest absolute Gasteiger partial charge is 0.487 e. The van der Waals surface area contributed by atoms with Crippen LogP contribution in [0.1, 0.15) is 38.5 Å². The van der Waals surface area contributed by atoms with Crippen molar-refractivity contribution in [1.29, 1.82) is 0 Å². The van der Waals surface area contributed by atoms with E-state index in [2.05, 4.69) is 10.6 Å². The van der Waals surface area contributed by atoms with Crippen LogP contribution in [0, 0.1) is 17.2 Å². The van der Waals surface area contributed by atoms with Gasteiger partial charge in [0.2, 0.25) is 5.91 Å². The molecule has 1 amide bonds. The number of nitrogens with one attached hydrogen (secondary N) is 2. The highest BCUT2D eigenvalue weighted by atomic mass is 35.5. The predicted molar refractivity (Wildman–Crippen MR) is 93.2 cm³/mol. The van der Waals surface area contributed by atoms with Crippen LogP contribution in [0.15, 0.2) is 18.2 Å². The second-order valence-electron chi connectivity index (χ2n) is 7.17. The minimum absolute atomic E-state index is 0. The molecule has 1 aliphatic heterocycles. The van der Waals surface area contributed by atoms with Crippen LogP contribution < -0.4 is 15.4 Å². The molecular weight excluding hydrogens is 331 g/mol. The predicted octanol–water partition coefficient (Wildman–Crippen LogP) is 3.51. The average Bonchev–Trinajstić information content (AvgIpc) is 3.19. The smallest absolute Gasteiger partial charge is 0.228 e. The summed E-state index contributed by atoms with van der Waals surface area (Å²) in [7, 11) is 0. The van der Waals surface area contributed by atoms with Crippen LogP contribution in [0.5, 0.6) is 5.75 Å². The molecule has 0 bridgehead atoms. The third kappa shape index (κ3) is 3.38. The zero-order valence-corrected chi connectivity index (χ0v) is 14.5. The molecule has 1 aromatic carbocycles. The molecule has 3 fully saturated rings. The van der Waals surface area contributed by atoms with Gasteiger partial charge in [0.15, 0.2) is 11.6 Å². The fourth-order valence-corrected chi connectivity index (χ4v) is 3.77.